The van der Waals surface area contributed by atoms with Gasteiger partial charge in [-0.2, -0.15) is 0 Å². The Morgan fingerprint density at radius 1 is 1.03 bits per heavy atom. The van der Waals surface area contributed by atoms with Gasteiger partial charge in [0, 0.05) is 28.9 Å². The van der Waals surface area contributed by atoms with Crippen molar-refractivity contribution in [2.45, 2.75) is 64.4 Å². The quantitative estimate of drug-likeness (QED) is 0.303. The number of hydrogen-bond donors (Lipinski definition) is 1. The zero-order chi connectivity index (χ0) is 25.9. The van der Waals surface area contributed by atoms with E-state index in [2.05, 4.69) is 22.4 Å². The zero-order valence-corrected chi connectivity index (χ0v) is 22.1. The van der Waals surface area contributed by atoms with Crippen LogP contribution in [0.1, 0.15) is 61.3 Å². The molecule has 2 atom stereocenters. The highest BCUT2D eigenvalue weighted by molar-refractivity contribution is 6.31. The first kappa shape index (κ1) is 25.5. The lowest BCUT2D eigenvalue weighted by Gasteiger charge is -2.24. The van der Waals surface area contributed by atoms with Gasteiger partial charge in [0.25, 0.3) is 0 Å². The summed E-state index contributed by atoms with van der Waals surface area (Å²) < 4.78 is 6.02. The van der Waals surface area contributed by atoms with E-state index in [1.54, 1.807) is 0 Å². The maximum absolute atomic E-state index is 13.8. The van der Waals surface area contributed by atoms with Gasteiger partial charge in [0.15, 0.2) is 12.4 Å². The van der Waals surface area contributed by atoms with Crippen molar-refractivity contribution in [1.29, 1.82) is 0 Å². The van der Waals surface area contributed by atoms with Crippen molar-refractivity contribution in [1.82, 2.24) is 4.98 Å². The van der Waals surface area contributed by atoms with Crippen molar-refractivity contribution in [2.75, 3.05) is 5.32 Å². The van der Waals surface area contributed by atoms with Crippen LogP contribution in [0, 0.1) is 25.7 Å². The molecule has 1 heterocycles. The zero-order valence-electron chi connectivity index (χ0n) is 21.4. The van der Waals surface area contributed by atoms with Crippen LogP contribution in [0.3, 0.4) is 0 Å². The fraction of sp³-hybridized carbons (Fsp3) is 0.387. The van der Waals surface area contributed by atoms with Gasteiger partial charge in [0.2, 0.25) is 5.91 Å². The second kappa shape index (κ2) is 11.1. The number of anilines is 1. The first-order chi connectivity index (χ1) is 17.9. The minimum atomic E-state index is -0.423. The van der Waals surface area contributed by atoms with Crippen LogP contribution in [0.2, 0.25) is 5.02 Å². The Morgan fingerprint density at radius 2 is 1.76 bits per heavy atom. The van der Waals surface area contributed by atoms with Gasteiger partial charge in [-0.05, 0) is 74.8 Å². The number of aryl methyl sites for hydroxylation is 1. The molecule has 37 heavy (non-hydrogen) atoms. The lowest BCUT2D eigenvalue weighted by atomic mass is 9.83. The summed E-state index contributed by atoms with van der Waals surface area (Å²) in [7, 11) is 0. The Kier molecular flexibility index (Phi) is 7.61. The third-order valence-electron chi connectivity index (χ3n) is 7.81. The van der Waals surface area contributed by atoms with Crippen molar-refractivity contribution < 1.29 is 14.3 Å². The van der Waals surface area contributed by atoms with Gasteiger partial charge in [0.05, 0.1) is 16.6 Å². The summed E-state index contributed by atoms with van der Waals surface area (Å²) in [5.41, 5.74) is 5.36. The molecule has 2 fully saturated rings. The summed E-state index contributed by atoms with van der Waals surface area (Å²) in [6.45, 7) is 3.82. The Morgan fingerprint density at radius 3 is 2.41 bits per heavy atom. The summed E-state index contributed by atoms with van der Waals surface area (Å²) in [4.78, 5) is 29.6. The Labute approximate surface area is 223 Å². The highest BCUT2D eigenvalue weighted by atomic mass is 35.5. The Balaban J connectivity index is 1.38. The molecule has 0 spiro atoms. The van der Waals surface area contributed by atoms with Crippen LogP contribution in [0.5, 0.6) is 5.75 Å². The molecule has 6 heteroatoms. The molecule has 2 aliphatic carbocycles. The molecule has 0 bridgehead atoms. The van der Waals surface area contributed by atoms with Gasteiger partial charge in [0.1, 0.15) is 5.75 Å². The number of hydrogen-bond acceptors (Lipinski definition) is 4. The van der Waals surface area contributed by atoms with E-state index in [9.17, 15) is 9.59 Å². The molecule has 3 aromatic rings. The number of pyridine rings is 1. The number of nitrogens with one attached hydrogen (secondary N) is 1. The first-order valence-corrected chi connectivity index (χ1v) is 13.6. The summed E-state index contributed by atoms with van der Waals surface area (Å²) in [6, 6.07) is 15.8. The number of benzene rings is 2. The van der Waals surface area contributed by atoms with E-state index in [0.29, 0.717) is 22.6 Å². The van der Waals surface area contributed by atoms with Crippen molar-refractivity contribution in [3.05, 3.63) is 76.6 Å². The maximum atomic E-state index is 13.8. The molecular formula is C31H33ClN2O3. The minimum Gasteiger partial charge on any atom is -0.482 e. The van der Waals surface area contributed by atoms with E-state index in [4.69, 9.17) is 16.3 Å². The van der Waals surface area contributed by atoms with Crippen LogP contribution >= 0.6 is 11.6 Å². The standard InChI is InChI=1S/C31H33ClN2O3/c1-19-27(8-5-9-28(19)37-29(18-35)22-12-13-22)34-31(36)30(23-6-3-4-7-23)24-14-10-21(11-15-24)25-16-26(32)20(2)33-17-25/h5,8-11,14-18,22-23,29-30H,3-4,6-7,12-13H2,1-2H3,(H,34,36). The molecule has 5 nitrogen and oxygen atoms in total. The molecule has 2 aliphatic rings. The minimum absolute atomic E-state index is 0.00548. The number of aldehydes is 1. The number of ether oxygens (including phenoxy) is 1. The Bertz CT molecular complexity index is 1280. The van der Waals surface area contributed by atoms with E-state index in [-0.39, 0.29) is 11.8 Å². The summed E-state index contributed by atoms with van der Waals surface area (Å²) in [6.07, 6.45) is 8.73. The molecule has 1 aromatic heterocycles. The molecule has 0 radical (unpaired) electrons. The smallest absolute Gasteiger partial charge is 0.232 e. The van der Waals surface area contributed by atoms with Gasteiger partial charge < -0.3 is 10.1 Å². The average Bonchev–Trinajstić information content (AvgIpc) is 3.61. The lowest BCUT2D eigenvalue weighted by Crippen LogP contribution is -2.27. The molecule has 0 aliphatic heterocycles. The van der Waals surface area contributed by atoms with Gasteiger partial charge in [-0.3, -0.25) is 14.6 Å². The second-order valence-electron chi connectivity index (χ2n) is 10.4. The molecule has 2 saturated carbocycles. The molecule has 2 aromatic carbocycles. The SMILES string of the molecule is Cc1ncc(-c2ccc(C(C(=O)Nc3cccc(OC(C=O)C4CC4)c3C)C3CCCC3)cc2)cc1Cl. The lowest BCUT2D eigenvalue weighted by molar-refractivity contribution is -0.118. The molecule has 192 valence electrons. The van der Waals surface area contributed by atoms with Crippen molar-refractivity contribution in [3.8, 4) is 16.9 Å². The number of carbonyl (C=O) groups excluding carboxylic acids is 2. The van der Waals surface area contributed by atoms with Crippen molar-refractivity contribution >= 4 is 29.5 Å². The number of aromatic nitrogens is 1. The summed E-state index contributed by atoms with van der Waals surface area (Å²) in [5, 5.41) is 3.83. The van der Waals surface area contributed by atoms with E-state index in [1.165, 1.54) is 0 Å². The Hall–Kier alpha value is -3.18. The molecule has 2 unspecified atom stereocenters. The highest BCUT2D eigenvalue weighted by Gasteiger charge is 2.34. The molecule has 5 rings (SSSR count). The predicted octanol–water partition coefficient (Wildman–Crippen LogP) is 7.29. The molecular weight excluding hydrogens is 484 g/mol. The topological polar surface area (TPSA) is 68.3 Å². The highest BCUT2D eigenvalue weighted by Crippen LogP contribution is 2.40. The summed E-state index contributed by atoms with van der Waals surface area (Å²) >= 11 is 6.29. The molecule has 1 N–H and O–H groups in total. The fourth-order valence-corrected chi connectivity index (χ4v) is 5.54. The van der Waals surface area contributed by atoms with Crippen LogP contribution < -0.4 is 10.1 Å². The van der Waals surface area contributed by atoms with Crippen LogP contribution in [0.4, 0.5) is 5.69 Å². The van der Waals surface area contributed by atoms with Gasteiger partial charge >= 0.3 is 0 Å². The van der Waals surface area contributed by atoms with Crippen molar-refractivity contribution in [2.24, 2.45) is 11.8 Å². The number of carbonyl (C=O) groups is 2. The first-order valence-electron chi connectivity index (χ1n) is 13.2. The number of amides is 1. The van der Waals surface area contributed by atoms with Gasteiger partial charge in [-0.25, -0.2) is 0 Å². The second-order valence-corrected chi connectivity index (χ2v) is 10.8. The van der Waals surface area contributed by atoms with E-state index < -0.39 is 6.10 Å². The number of halogens is 1. The van der Waals surface area contributed by atoms with E-state index >= 15 is 0 Å². The maximum Gasteiger partial charge on any atom is 0.232 e. The normalized spacial score (nSPS) is 17.3. The largest absolute Gasteiger partial charge is 0.482 e. The molecule has 0 saturated heterocycles. The predicted molar refractivity (Wildman–Crippen MR) is 147 cm³/mol. The average molecular weight is 517 g/mol. The third-order valence-corrected chi connectivity index (χ3v) is 8.19. The third kappa shape index (κ3) is 5.72. The fourth-order valence-electron chi connectivity index (χ4n) is 5.37. The molecule has 1 amide bonds. The van der Waals surface area contributed by atoms with Crippen LogP contribution in [0.15, 0.2) is 54.7 Å². The van der Waals surface area contributed by atoms with Crippen LogP contribution in [0.25, 0.3) is 11.1 Å². The van der Waals surface area contributed by atoms with Crippen LogP contribution in [-0.2, 0) is 9.59 Å². The van der Waals surface area contributed by atoms with E-state index in [1.807, 2.05) is 56.4 Å². The van der Waals surface area contributed by atoms with Crippen molar-refractivity contribution in [3.63, 3.8) is 0 Å². The monoisotopic (exact) mass is 516 g/mol. The number of nitrogens with zero attached hydrogens (tertiary/aromatic N) is 1. The van der Waals surface area contributed by atoms with E-state index in [0.717, 1.165) is 78.4 Å². The van der Waals surface area contributed by atoms with Crippen LogP contribution in [-0.4, -0.2) is 23.3 Å². The summed E-state index contributed by atoms with van der Waals surface area (Å²) in [5.74, 6) is 1.00. The number of rotatable bonds is 9. The van der Waals surface area contributed by atoms with Gasteiger partial charge in [-0.1, -0.05) is 54.8 Å². The van der Waals surface area contributed by atoms with Gasteiger partial charge in [-0.15, -0.1) is 0 Å².